The van der Waals surface area contributed by atoms with Gasteiger partial charge in [-0.15, -0.1) is 5.10 Å². The molecule has 28 heavy (non-hydrogen) atoms. The Bertz CT molecular complexity index is 1200. The van der Waals surface area contributed by atoms with Crippen LogP contribution in [0, 0.1) is 5.82 Å². The van der Waals surface area contributed by atoms with Gasteiger partial charge in [0.2, 0.25) is 10.0 Å². The molecular formula is C17H16ClFN4O4S. The van der Waals surface area contributed by atoms with Gasteiger partial charge in [-0.05, 0) is 29.8 Å². The number of sulfonamides is 1. The van der Waals surface area contributed by atoms with Gasteiger partial charge in [0.1, 0.15) is 5.82 Å². The highest BCUT2D eigenvalue weighted by Crippen LogP contribution is 2.19. The molecule has 1 aromatic carbocycles. The summed E-state index contributed by atoms with van der Waals surface area (Å²) in [6.45, 7) is 1.22. The predicted molar refractivity (Wildman–Crippen MR) is 99.5 cm³/mol. The van der Waals surface area contributed by atoms with Crippen molar-refractivity contribution in [1.82, 2.24) is 18.5 Å². The molecule has 1 fully saturated rings. The fourth-order valence-electron chi connectivity index (χ4n) is 3.00. The molecule has 4 rings (SSSR count). The Kier molecular flexibility index (Phi) is 4.96. The lowest BCUT2D eigenvalue weighted by molar-refractivity contribution is 0.0730. The van der Waals surface area contributed by atoms with Crippen molar-refractivity contribution >= 4 is 27.3 Å². The first-order valence-corrected chi connectivity index (χ1v) is 10.3. The standard InChI is InChI=1S/C17H16ClFN4O4S/c18-15-9-13(19)2-1-12(15)10-23-17(24)22-11-14(3-4-16(22)20-23)28(25,26)21-5-7-27-8-6-21/h1-4,9,11H,5-8,10H2. The number of fused-ring (bicyclic) bond motifs is 1. The lowest BCUT2D eigenvalue weighted by atomic mass is 10.2. The zero-order valence-electron chi connectivity index (χ0n) is 14.6. The molecule has 0 atom stereocenters. The van der Waals surface area contributed by atoms with Crippen LogP contribution < -0.4 is 5.69 Å². The summed E-state index contributed by atoms with van der Waals surface area (Å²) >= 11 is 6.02. The van der Waals surface area contributed by atoms with Crippen molar-refractivity contribution in [3.8, 4) is 0 Å². The smallest absolute Gasteiger partial charge is 0.350 e. The summed E-state index contributed by atoms with van der Waals surface area (Å²) in [6.07, 6.45) is 1.26. The normalized spacial score (nSPS) is 15.9. The van der Waals surface area contributed by atoms with Gasteiger partial charge in [0, 0.05) is 24.3 Å². The van der Waals surface area contributed by atoms with Crippen LogP contribution in [-0.4, -0.2) is 53.2 Å². The zero-order valence-corrected chi connectivity index (χ0v) is 16.2. The van der Waals surface area contributed by atoms with Crippen LogP contribution in [0.5, 0.6) is 0 Å². The number of morpholine rings is 1. The number of halogens is 2. The molecule has 0 saturated carbocycles. The Hall–Kier alpha value is -2.27. The molecule has 148 valence electrons. The number of hydrogen-bond donors (Lipinski definition) is 0. The summed E-state index contributed by atoms with van der Waals surface area (Å²) in [5.74, 6) is -0.478. The third kappa shape index (κ3) is 3.44. The van der Waals surface area contributed by atoms with Crippen molar-refractivity contribution in [3.05, 3.63) is 63.4 Å². The van der Waals surface area contributed by atoms with Crippen molar-refractivity contribution in [2.24, 2.45) is 0 Å². The number of pyridine rings is 1. The molecule has 0 radical (unpaired) electrons. The van der Waals surface area contributed by atoms with E-state index >= 15 is 0 Å². The van der Waals surface area contributed by atoms with Crippen molar-refractivity contribution in [3.63, 3.8) is 0 Å². The second-order valence-corrected chi connectivity index (χ2v) is 8.63. The average Bonchev–Trinajstić information content (AvgIpc) is 3.00. The molecule has 3 heterocycles. The van der Waals surface area contributed by atoms with Gasteiger partial charge in [-0.25, -0.2) is 26.7 Å². The zero-order chi connectivity index (χ0) is 19.9. The molecule has 1 saturated heterocycles. The predicted octanol–water partition coefficient (Wildman–Crippen LogP) is 1.36. The van der Waals surface area contributed by atoms with Gasteiger partial charge in [0.05, 0.1) is 24.7 Å². The van der Waals surface area contributed by atoms with E-state index in [0.29, 0.717) is 24.4 Å². The molecule has 1 aliphatic rings. The minimum Gasteiger partial charge on any atom is -0.379 e. The third-order valence-corrected chi connectivity index (χ3v) is 6.73. The maximum Gasteiger partial charge on any atom is 0.350 e. The van der Waals surface area contributed by atoms with Crippen LogP contribution in [0.1, 0.15) is 5.56 Å². The Morgan fingerprint density at radius 3 is 2.64 bits per heavy atom. The number of aromatic nitrogens is 3. The summed E-state index contributed by atoms with van der Waals surface area (Å²) in [6, 6.07) is 6.77. The first-order chi connectivity index (χ1) is 13.4. The monoisotopic (exact) mass is 426 g/mol. The number of rotatable bonds is 4. The van der Waals surface area contributed by atoms with E-state index in [1.165, 1.54) is 39.2 Å². The van der Waals surface area contributed by atoms with E-state index in [4.69, 9.17) is 16.3 Å². The van der Waals surface area contributed by atoms with Gasteiger partial charge in [0.25, 0.3) is 0 Å². The van der Waals surface area contributed by atoms with Crippen LogP contribution in [-0.2, 0) is 21.3 Å². The summed E-state index contributed by atoms with van der Waals surface area (Å²) in [4.78, 5) is 12.7. The fourth-order valence-corrected chi connectivity index (χ4v) is 4.64. The fraction of sp³-hybridized carbons (Fsp3) is 0.294. The molecule has 0 amide bonds. The quantitative estimate of drug-likeness (QED) is 0.628. The Labute approximate surface area is 164 Å². The van der Waals surface area contributed by atoms with Crippen LogP contribution >= 0.6 is 11.6 Å². The third-order valence-electron chi connectivity index (χ3n) is 4.49. The molecule has 0 spiro atoms. The SMILES string of the molecule is O=c1n(Cc2ccc(F)cc2Cl)nc2ccc(S(=O)(=O)N3CCOCC3)cn12. The maximum atomic E-state index is 13.2. The largest absolute Gasteiger partial charge is 0.379 e. The first kappa shape index (κ1) is 19.1. The first-order valence-electron chi connectivity index (χ1n) is 8.47. The van der Waals surface area contributed by atoms with Crippen LogP contribution in [0.3, 0.4) is 0 Å². The van der Waals surface area contributed by atoms with E-state index in [1.54, 1.807) is 0 Å². The molecule has 0 aliphatic carbocycles. The topological polar surface area (TPSA) is 85.9 Å². The maximum absolute atomic E-state index is 13.2. The van der Waals surface area contributed by atoms with Crippen molar-refractivity contribution in [2.45, 2.75) is 11.4 Å². The highest BCUT2D eigenvalue weighted by molar-refractivity contribution is 7.89. The molecule has 0 unspecified atom stereocenters. The second kappa shape index (κ2) is 7.28. The molecule has 3 aromatic rings. The summed E-state index contributed by atoms with van der Waals surface area (Å²) in [7, 11) is -3.74. The van der Waals surface area contributed by atoms with Gasteiger partial charge in [-0.2, -0.15) is 4.31 Å². The Morgan fingerprint density at radius 1 is 1.18 bits per heavy atom. The molecule has 0 bridgehead atoms. The van der Waals surface area contributed by atoms with Crippen LogP contribution in [0.4, 0.5) is 4.39 Å². The van der Waals surface area contributed by atoms with Crippen molar-refractivity contribution < 1.29 is 17.5 Å². The van der Waals surface area contributed by atoms with E-state index in [-0.39, 0.29) is 29.6 Å². The highest BCUT2D eigenvalue weighted by Gasteiger charge is 2.27. The highest BCUT2D eigenvalue weighted by atomic mass is 35.5. The summed E-state index contributed by atoms with van der Waals surface area (Å²) in [5.41, 5.74) is 0.299. The lowest BCUT2D eigenvalue weighted by Crippen LogP contribution is -2.40. The summed E-state index contributed by atoms with van der Waals surface area (Å²) in [5, 5.41) is 4.37. The van der Waals surface area contributed by atoms with E-state index in [2.05, 4.69) is 5.10 Å². The molecule has 2 aromatic heterocycles. The molecule has 1 aliphatic heterocycles. The summed E-state index contributed by atoms with van der Waals surface area (Å²) < 4.78 is 47.6. The number of nitrogens with zero attached hydrogens (tertiary/aromatic N) is 4. The minimum absolute atomic E-state index is 0.00312. The lowest BCUT2D eigenvalue weighted by Gasteiger charge is -2.25. The van der Waals surface area contributed by atoms with E-state index < -0.39 is 21.5 Å². The van der Waals surface area contributed by atoms with E-state index in [9.17, 15) is 17.6 Å². The van der Waals surface area contributed by atoms with E-state index in [1.807, 2.05) is 0 Å². The van der Waals surface area contributed by atoms with Gasteiger partial charge in [-0.3, -0.25) is 0 Å². The van der Waals surface area contributed by atoms with Crippen LogP contribution in [0.2, 0.25) is 5.02 Å². The number of hydrogen-bond acceptors (Lipinski definition) is 5. The Morgan fingerprint density at radius 2 is 1.93 bits per heavy atom. The minimum atomic E-state index is -3.74. The number of benzene rings is 1. The van der Waals surface area contributed by atoms with Crippen molar-refractivity contribution in [1.29, 1.82) is 0 Å². The molecule has 0 N–H and O–H groups in total. The van der Waals surface area contributed by atoms with Gasteiger partial charge in [0.15, 0.2) is 5.65 Å². The van der Waals surface area contributed by atoms with Gasteiger partial charge < -0.3 is 4.74 Å². The molecular weight excluding hydrogens is 411 g/mol. The second-order valence-electron chi connectivity index (χ2n) is 6.29. The Balaban J connectivity index is 1.71. The van der Waals surface area contributed by atoms with Crippen molar-refractivity contribution in [2.75, 3.05) is 26.3 Å². The molecule has 11 heteroatoms. The van der Waals surface area contributed by atoms with Gasteiger partial charge >= 0.3 is 5.69 Å². The average molecular weight is 427 g/mol. The van der Waals surface area contributed by atoms with Crippen LogP contribution in [0.15, 0.2) is 46.2 Å². The van der Waals surface area contributed by atoms with E-state index in [0.717, 1.165) is 10.7 Å². The number of ether oxygens (including phenoxy) is 1. The van der Waals surface area contributed by atoms with Gasteiger partial charge in [-0.1, -0.05) is 17.7 Å². The molecule has 8 nitrogen and oxygen atoms in total. The van der Waals surface area contributed by atoms with Crippen LogP contribution in [0.25, 0.3) is 5.65 Å².